The molecule has 0 aliphatic rings. The Morgan fingerprint density at radius 1 is 1.23 bits per heavy atom. The zero-order valence-electron chi connectivity index (χ0n) is 12.9. The number of benzene rings is 1. The smallest absolute Gasteiger partial charge is 0.321 e. The van der Waals surface area contributed by atoms with Crippen LogP contribution in [0.15, 0.2) is 18.2 Å². The SMILES string of the molecule is CC(C)[C@H](N)C(=O)O.CN(C)C(=O)Nc1ccc(Cl)c(Cl)c1. The van der Waals surface area contributed by atoms with Gasteiger partial charge in [0.15, 0.2) is 0 Å². The van der Waals surface area contributed by atoms with Gasteiger partial charge in [-0.15, -0.1) is 0 Å². The average molecular weight is 350 g/mol. The molecule has 0 spiro atoms. The Morgan fingerprint density at radius 2 is 1.77 bits per heavy atom. The molecule has 22 heavy (non-hydrogen) atoms. The Hall–Kier alpha value is -1.50. The van der Waals surface area contributed by atoms with Gasteiger partial charge in [-0.3, -0.25) is 4.79 Å². The zero-order chi connectivity index (χ0) is 17.4. The van der Waals surface area contributed by atoms with Gasteiger partial charge >= 0.3 is 12.0 Å². The van der Waals surface area contributed by atoms with Crippen LogP contribution < -0.4 is 11.1 Å². The fourth-order valence-electron chi connectivity index (χ4n) is 1.09. The second-order valence-electron chi connectivity index (χ2n) is 5.06. The van der Waals surface area contributed by atoms with Gasteiger partial charge in [-0.2, -0.15) is 0 Å². The number of hydrogen-bond donors (Lipinski definition) is 3. The molecule has 1 atom stereocenters. The molecule has 1 rings (SSSR count). The van der Waals surface area contributed by atoms with E-state index in [9.17, 15) is 9.59 Å². The fraction of sp³-hybridized carbons (Fsp3) is 0.429. The van der Waals surface area contributed by atoms with Crippen molar-refractivity contribution in [3.05, 3.63) is 28.2 Å². The van der Waals surface area contributed by atoms with E-state index in [1.165, 1.54) is 4.90 Å². The summed E-state index contributed by atoms with van der Waals surface area (Å²) in [5, 5.41) is 11.8. The topological polar surface area (TPSA) is 95.7 Å². The maximum atomic E-state index is 11.2. The quantitative estimate of drug-likeness (QED) is 0.780. The highest BCUT2D eigenvalue weighted by atomic mass is 35.5. The van der Waals surface area contributed by atoms with E-state index >= 15 is 0 Å². The van der Waals surface area contributed by atoms with Gasteiger partial charge in [-0.05, 0) is 24.1 Å². The molecule has 4 N–H and O–H groups in total. The average Bonchev–Trinajstić information content (AvgIpc) is 2.42. The molecule has 1 aromatic rings. The molecule has 124 valence electrons. The van der Waals surface area contributed by atoms with Crippen molar-refractivity contribution in [2.75, 3.05) is 19.4 Å². The standard InChI is InChI=1S/C9H10Cl2N2O.C5H11NO2/c1-13(2)9(14)12-6-3-4-7(10)8(11)5-6;1-3(2)4(6)5(7)8/h3-5H,1-2H3,(H,12,14);3-4H,6H2,1-2H3,(H,7,8)/t;4-/m.0/s1. The predicted molar refractivity (Wildman–Crippen MR) is 89.6 cm³/mol. The number of amides is 2. The van der Waals surface area contributed by atoms with Crippen LogP contribution in [0.4, 0.5) is 10.5 Å². The highest BCUT2D eigenvalue weighted by Gasteiger charge is 2.14. The highest BCUT2D eigenvalue weighted by molar-refractivity contribution is 6.42. The maximum Gasteiger partial charge on any atom is 0.321 e. The number of carboxylic acid groups (broad SMARTS) is 1. The molecule has 0 radical (unpaired) electrons. The molecule has 2 amide bonds. The van der Waals surface area contributed by atoms with Gasteiger partial charge in [0.1, 0.15) is 6.04 Å². The van der Waals surface area contributed by atoms with Crippen molar-refractivity contribution in [3.63, 3.8) is 0 Å². The number of halogens is 2. The van der Waals surface area contributed by atoms with E-state index in [0.29, 0.717) is 15.7 Å². The van der Waals surface area contributed by atoms with Gasteiger partial charge in [0.25, 0.3) is 0 Å². The lowest BCUT2D eigenvalue weighted by molar-refractivity contribution is -0.139. The first kappa shape index (κ1) is 20.5. The van der Waals surface area contributed by atoms with Crippen molar-refractivity contribution in [1.29, 1.82) is 0 Å². The zero-order valence-corrected chi connectivity index (χ0v) is 14.4. The summed E-state index contributed by atoms with van der Waals surface area (Å²) in [7, 11) is 3.32. The molecule has 1 aromatic carbocycles. The molecule has 0 heterocycles. The Kier molecular flexibility index (Phi) is 8.86. The normalized spacial score (nSPS) is 11.3. The monoisotopic (exact) mass is 349 g/mol. The molecule has 6 nitrogen and oxygen atoms in total. The Morgan fingerprint density at radius 3 is 2.09 bits per heavy atom. The molecular formula is C14H21Cl2N3O3. The third-order valence-corrected chi connectivity index (χ3v) is 3.32. The van der Waals surface area contributed by atoms with E-state index in [-0.39, 0.29) is 11.9 Å². The number of nitrogens with zero attached hydrogens (tertiary/aromatic N) is 1. The van der Waals surface area contributed by atoms with Gasteiger partial charge in [-0.25, -0.2) is 4.79 Å². The van der Waals surface area contributed by atoms with Crippen molar-refractivity contribution in [3.8, 4) is 0 Å². The minimum Gasteiger partial charge on any atom is -0.480 e. The fourth-order valence-corrected chi connectivity index (χ4v) is 1.39. The van der Waals surface area contributed by atoms with E-state index in [0.717, 1.165) is 0 Å². The molecule has 8 heteroatoms. The molecule has 0 saturated heterocycles. The van der Waals surface area contributed by atoms with Crippen molar-refractivity contribution < 1.29 is 14.7 Å². The number of carbonyl (C=O) groups is 2. The minimum absolute atomic E-state index is 0.0208. The lowest BCUT2D eigenvalue weighted by Gasteiger charge is -2.12. The van der Waals surface area contributed by atoms with Crippen molar-refractivity contribution in [2.24, 2.45) is 11.7 Å². The van der Waals surface area contributed by atoms with Crippen LogP contribution in [0, 0.1) is 5.92 Å². The number of hydrogen-bond acceptors (Lipinski definition) is 3. The minimum atomic E-state index is -0.931. The van der Waals surface area contributed by atoms with E-state index in [2.05, 4.69) is 5.32 Å². The van der Waals surface area contributed by atoms with Crippen LogP contribution in [0.2, 0.25) is 10.0 Å². The summed E-state index contributed by atoms with van der Waals surface area (Å²) < 4.78 is 0. The van der Waals surface area contributed by atoms with Crippen molar-refractivity contribution in [1.82, 2.24) is 4.90 Å². The number of nitrogens with two attached hydrogens (primary N) is 1. The van der Waals surface area contributed by atoms with E-state index in [1.54, 1.807) is 46.1 Å². The van der Waals surface area contributed by atoms with Crippen LogP contribution in [0.5, 0.6) is 0 Å². The van der Waals surface area contributed by atoms with Crippen LogP contribution in [0.3, 0.4) is 0 Å². The molecule has 0 aliphatic heterocycles. The molecule has 0 unspecified atom stereocenters. The Bertz CT molecular complexity index is 522. The van der Waals surface area contributed by atoms with Gasteiger partial charge < -0.3 is 21.1 Å². The number of carboxylic acids is 1. The third kappa shape index (κ3) is 7.49. The molecule has 0 saturated carbocycles. The maximum absolute atomic E-state index is 11.2. The summed E-state index contributed by atoms with van der Waals surface area (Å²) >= 11 is 11.5. The number of carbonyl (C=O) groups excluding carboxylic acids is 1. The largest absolute Gasteiger partial charge is 0.480 e. The van der Waals surface area contributed by atoms with E-state index < -0.39 is 12.0 Å². The first-order valence-corrected chi connectivity index (χ1v) is 7.23. The van der Waals surface area contributed by atoms with Gasteiger partial charge in [0, 0.05) is 19.8 Å². The van der Waals surface area contributed by atoms with E-state index in [4.69, 9.17) is 34.0 Å². The lowest BCUT2D eigenvalue weighted by Crippen LogP contribution is -2.34. The molecule has 0 bridgehead atoms. The second kappa shape index (κ2) is 9.50. The van der Waals surface area contributed by atoms with Gasteiger partial charge in [0.05, 0.1) is 10.0 Å². The van der Waals surface area contributed by atoms with Gasteiger partial charge in [-0.1, -0.05) is 37.0 Å². The summed E-state index contributed by atoms with van der Waals surface area (Å²) in [6, 6.07) is 4.01. The van der Waals surface area contributed by atoms with Crippen LogP contribution in [-0.4, -0.2) is 42.1 Å². The van der Waals surface area contributed by atoms with Gasteiger partial charge in [0.2, 0.25) is 0 Å². The molecule has 0 fully saturated rings. The summed E-state index contributed by atoms with van der Waals surface area (Å²) in [5.41, 5.74) is 5.78. The third-order valence-electron chi connectivity index (χ3n) is 2.58. The van der Waals surface area contributed by atoms with Crippen molar-refractivity contribution >= 4 is 40.9 Å². The second-order valence-corrected chi connectivity index (χ2v) is 5.88. The summed E-state index contributed by atoms with van der Waals surface area (Å²) in [6.45, 7) is 3.55. The van der Waals surface area contributed by atoms with E-state index in [1.807, 2.05) is 0 Å². The van der Waals surface area contributed by atoms with Crippen LogP contribution in [-0.2, 0) is 4.79 Å². The number of aliphatic carboxylic acids is 1. The molecule has 0 aromatic heterocycles. The summed E-state index contributed by atoms with van der Waals surface area (Å²) in [5.74, 6) is -0.910. The van der Waals surface area contributed by atoms with Crippen LogP contribution in [0.1, 0.15) is 13.8 Å². The lowest BCUT2D eigenvalue weighted by atomic mass is 10.1. The van der Waals surface area contributed by atoms with Crippen LogP contribution >= 0.6 is 23.2 Å². The number of rotatable bonds is 3. The molecular weight excluding hydrogens is 329 g/mol. The first-order chi connectivity index (χ1) is 10.1. The predicted octanol–water partition coefficient (Wildman–Crippen LogP) is 3.14. The van der Waals surface area contributed by atoms with Crippen LogP contribution in [0.25, 0.3) is 0 Å². The Labute approximate surface area is 140 Å². The first-order valence-electron chi connectivity index (χ1n) is 6.48. The van der Waals surface area contributed by atoms with Crippen molar-refractivity contribution in [2.45, 2.75) is 19.9 Å². The summed E-state index contributed by atoms with van der Waals surface area (Å²) in [6.07, 6.45) is 0. The Balaban J connectivity index is 0.000000472. The number of urea groups is 1. The number of nitrogens with one attached hydrogen (secondary N) is 1. The number of anilines is 1. The summed E-state index contributed by atoms with van der Waals surface area (Å²) in [4.78, 5) is 22.7. The highest BCUT2D eigenvalue weighted by Crippen LogP contribution is 2.24. The molecule has 0 aliphatic carbocycles.